The zero-order valence-electron chi connectivity index (χ0n) is 8.77. The minimum atomic E-state index is -0.326. The van der Waals surface area contributed by atoms with Crippen LogP contribution in [0.25, 0.3) is 0 Å². The minimum absolute atomic E-state index is 0.326. The van der Waals surface area contributed by atoms with E-state index >= 15 is 0 Å². The summed E-state index contributed by atoms with van der Waals surface area (Å²) in [5, 5.41) is 9.59. The van der Waals surface area contributed by atoms with Gasteiger partial charge in [-0.3, -0.25) is 4.98 Å². The number of hydrogen-bond acceptors (Lipinski definition) is 2. The molecular weight excluding hydrogens is 174 g/mol. The zero-order valence-corrected chi connectivity index (χ0v) is 8.77. The number of pyridine rings is 1. The summed E-state index contributed by atoms with van der Waals surface area (Å²) in [6.07, 6.45) is 6.79. The smallest absolute Gasteiger partial charge is 0.0726 e. The fourth-order valence-electron chi connectivity index (χ4n) is 1.33. The Morgan fingerprint density at radius 1 is 1.43 bits per heavy atom. The van der Waals surface area contributed by atoms with Crippen molar-refractivity contribution in [3.05, 3.63) is 41.7 Å². The number of aromatic nitrogens is 1. The second-order valence-electron chi connectivity index (χ2n) is 3.71. The Bertz CT molecular complexity index is 288. The van der Waals surface area contributed by atoms with E-state index in [-0.39, 0.29) is 6.10 Å². The van der Waals surface area contributed by atoms with Gasteiger partial charge in [0.05, 0.1) is 6.10 Å². The average Bonchev–Trinajstić information content (AvgIpc) is 2.15. The topological polar surface area (TPSA) is 33.1 Å². The summed E-state index contributed by atoms with van der Waals surface area (Å²) in [5.41, 5.74) is 2.38. The molecule has 0 saturated heterocycles. The third-order valence-electron chi connectivity index (χ3n) is 2.00. The van der Waals surface area contributed by atoms with Crippen molar-refractivity contribution in [1.29, 1.82) is 0 Å². The normalized spacial score (nSPS) is 12.2. The van der Waals surface area contributed by atoms with Crippen molar-refractivity contribution in [3.63, 3.8) is 0 Å². The van der Waals surface area contributed by atoms with Crippen LogP contribution in [0.4, 0.5) is 0 Å². The first-order valence-electron chi connectivity index (χ1n) is 4.90. The second kappa shape index (κ2) is 5.55. The van der Waals surface area contributed by atoms with E-state index in [1.165, 1.54) is 5.56 Å². The lowest BCUT2D eigenvalue weighted by Crippen LogP contribution is -2.04. The lowest BCUT2D eigenvalue weighted by molar-refractivity contribution is 0.212. The van der Waals surface area contributed by atoms with E-state index in [0.29, 0.717) is 0 Å². The van der Waals surface area contributed by atoms with Gasteiger partial charge in [-0.1, -0.05) is 11.6 Å². The zero-order chi connectivity index (χ0) is 10.4. The van der Waals surface area contributed by atoms with E-state index in [0.717, 1.165) is 18.4 Å². The quantitative estimate of drug-likeness (QED) is 0.741. The van der Waals surface area contributed by atoms with Crippen molar-refractivity contribution in [2.45, 2.75) is 32.8 Å². The summed E-state index contributed by atoms with van der Waals surface area (Å²) < 4.78 is 0. The minimum Gasteiger partial charge on any atom is -0.389 e. The molecule has 0 spiro atoms. The number of allylic oxidation sites excluding steroid dienone is 1. The van der Waals surface area contributed by atoms with Gasteiger partial charge in [-0.15, -0.1) is 0 Å². The number of aryl methyl sites for hydroxylation is 1. The van der Waals surface area contributed by atoms with E-state index in [4.69, 9.17) is 0 Å². The van der Waals surface area contributed by atoms with E-state index in [1.807, 2.05) is 32.1 Å². The summed E-state index contributed by atoms with van der Waals surface area (Å²) in [6.45, 7) is 3.99. The molecule has 1 atom stereocenters. The molecule has 0 radical (unpaired) electrons. The lowest BCUT2D eigenvalue weighted by atomic mass is 10.1. The van der Waals surface area contributed by atoms with Gasteiger partial charge in [0.15, 0.2) is 0 Å². The van der Waals surface area contributed by atoms with Crippen molar-refractivity contribution in [1.82, 2.24) is 4.98 Å². The Morgan fingerprint density at radius 2 is 2.07 bits per heavy atom. The van der Waals surface area contributed by atoms with E-state index in [2.05, 4.69) is 4.98 Å². The highest BCUT2D eigenvalue weighted by atomic mass is 16.3. The molecule has 1 rings (SSSR count). The predicted molar refractivity (Wildman–Crippen MR) is 58.0 cm³/mol. The highest BCUT2D eigenvalue weighted by molar-refractivity contribution is 5.10. The van der Waals surface area contributed by atoms with Crippen LogP contribution in [0.15, 0.2) is 36.2 Å². The SMILES string of the molecule is CC(C)=CC(O)CCc1ccncc1. The Hall–Kier alpha value is -1.15. The second-order valence-corrected chi connectivity index (χ2v) is 3.71. The summed E-state index contributed by atoms with van der Waals surface area (Å²) >= 11 is 0. The van der Waals surface area contributed by atoms with Gasteiger partial charge in [-0.2, -0.15) is 0 Å². The van der Waals surface area contributed by atoms with Crippen LogP contribution in [0.2, 0.25) is 0 Å². The maximum Gasteiger partial charge on any atom is 0.0726 e. The molecule has 0 aliphatic heterocycles. The predicted octanol–water partition coefficient (Wildman–Crippen LogP) is 2.34. The molecule has 1 unspecified atom stereocenters. The fourth-order valence-corrected chi connectivity index (χ4v) is 1.33. The first-order valence-corrected chi connectivity index (χ1v) is 4.90. The van der Waals surface area contributed by atoms with E-state index in [1.54, 1.807) is 12.4 Å². The molecule has 0 fully saturated rings. The molecule has 0 aliphatic rings. The van der Waals surface area contributed by atoms with Crippen LogP contribution in [0.1, 0.15) is 25.8 Å². The summed E-state index contributed by atoms with van der Waals surface area (Å²) in [6, 6.07) is 3.96. The molecule has 0 bridgehead atoms. The van der Waals surface area contributed by atoms with Crippen LogP contribution in [0.3, 0.4) is 0 Å². The van der Waals surface area contributed by atoms with Crippen molar-refractivity contribution >= 4 is 0 Å². The Balaban J connectivity index is 2.38. The van der Waals surface area contributed by atoms with Gasteiger partial charge in [0.2, 0.25) is 0 Å². The Labute approximate surface area is 85.3 Å². The maximum atomic E-state index is 9.59. The molecule has 0 aliphatic carbocycles. The van der Waals surface area contributed by atoms with Crippen molar-refractivity contribution < 1.29 is 5.11 Å². The van der Waals surface area contributed by atoms with Gasteiger partial charge < -0.3 is 5.11 Å². The first-order chi connectivity index (χ1) is 6.68. The number of rotatable bonds is 4. The third kappa shape index (κ3) is 4.19. The van der Waals surface area contributed by atoms with Gasteiger partial charge in [0.1, 0.15) is 0 Å². The number of aliphatic hydroxyl groups is 1. The van der Waals surface area contributed by atoms with Gasteiger partial charge in [0, 0.05) is 12.4 Å². The van der Waals surface area contributed by atoms with Crippen LogP contribution in [0.5, 0.6) is 0 Å². The average molecular weight is 191 g/mol. The van der Waals surface area contributed by atoms with Gasteiger partial charge in [0.25, 0.3) is 0 Å². The number of hydrogen-bond donors (Lipinski definition) is 1. The lowest BCUT2D eigenvalue weighted by Gasteiger charge is -2.05. The van der Waals surface area contributed by atoms with Crippen molar-refractivity contribution in [3.8, 4) is 0 Å². The van der Waals surface area contributed by atoms with Crippen molar-refractivity contribution in [2.75, 3.05) is 0 Å². The molecule has 0 aromatic carbocycles. The maximum absolute atomic E-state index is 9.59. The molecule has 2 heteroatoms. The summed E-state index contributed by atoms with van der Waals surface area (Å²) in [5.74, 6) is 0. The molecule has 0 amide bonds. The molecule has 1 aromatic heterocycles. The highest BCUT2D eigenvalue weighted by Gasteiger charge is 2.00. The molecule has 76 valence electrons. The van der Waals surface area contributed by atoms with Crippen LogP contribution < -0.4 is 0 Å². The van der Waals surface area contributed by atoms with Crippen LogP contribution >= 0.6 is 0 Å². The van der Waals surface area contributed by atoms with Crippen molar-refractivity contribution in [2.24, 2.45) is 0 Å². The Morgan fingerprint density at radius 3 is 2.64 bits per heavy atom. The summed E-state index contributed by atoms with van der Waals surface area (Å²) in [4.78, 5) is 3.95. The third-order valence-corrected chi connectivity index (χ3v) is 2.00. The highest BCUT2D eigenvalue weighted by Crippen LogP contribution is 2.06. The Kier molecular flexibility index (Phi) is 4.33. The molecule has 1 aromatic rings. The van der Waals surface area contributed by atoms with Gasteiger partial charge in [-0.25, -0.2) is 0 Å². The first kappa shape index (κ1) is 10.9. The van der Waals surface area contributed by atoms with Gasteiger partial charge >= 0.3 is 0 Å². The number of aliphatic hydroxyl groups excluding tert-OH is 1. The molecule has 2 nitrogen and oxygen atoms in total. The number of nitrogens with zero attached hydrogens (tertiary/aromatic N) is 1. The largest absolute Gasteiger partial charge is 0.389 e. The summed E-state index contributed by atoms with van der Waals surface area (Å²) in [7, 11) is 0. The van der Waals surface area contributed by atoms with E-state index in [9.17, 15) is 5.11 Å². The molecule has 1 N–H and O–H groups in total. The van der Waals surface area contributed by atoms with Crippen LogP contribution in [-0.2, 0) is 6.42 Å². The molecular formula is C12H17NO. The fraction of sp³-hybridized carbons (Fsp3) is 0.417. The monoisotopic (exact) mass is 191 g/mol. The van der Waals surface area contributed by atoms with Gasteiger partial charge in [-0.05, 0) is 44.4 Å². The van der Waals surface area contributed by atoms with Crippen LogP contribution in [-0.4, -0.2) is 16.2 Å². The standard InChI is InChI=1S/C12H17NO/c1-10(2)9-12(14)4-3-11-5-7-13-8-6-11/h5-9,12,14H,3-4H2,1-2H3. The molecule has 0 saturated carbocycles. The van der Waals surface area contributed by atoms with E-state index < -0.39 is 0 Å². The van der Waals surface area contributed by atoms with Crippen LogP contribution in [0, 0.1) is 0 Å². The molecule has 1 heterocycles. The molecule has 14 heavy (non-hydrogen) atoms.